The summed E-state index contributed by atoms with van der Waals surface area (Å²) in [6, 6.07) is 0. The molecule has 0 aliphatic carbocycles. The van der Waals surface area contributed by atoms with Crippen molar-refractivity contribution in [2.24, 2.45) is 0 Å². The highest BCUT2D eigenvalue weighted by Gasteiger charge is 2.28. The van der Waals surface area contributed by atoms with Crippen LogP contribution in [0.15, 0.2) is 0 Å². The highest BCUT2D eigenvalue weighted by Crippen LogP contribution is 2.13. The first kappa shape index (κ1) is 10.6. The summed E-state index contributed by atoms with van der Waals surface area (Å²) in [5, 5.41) is 18.0. The molecule has 4 heteroatoms. The first-order chi connectivity index (χ1) is 5.02. The Morgan fingerprint density at radius 2 is 2.18 bits per heavy atom. The molecule has 0 heterocycles. The van der Waals surface area contributed by atoms with E-state index in [-0.39, 0.29) is 6.42 Å². The zero-order valence-electron chi connectivity index (χ0n) is 6.78. The highest BCUT2D eigenvalue weighted by atomic mass is 16.6. The second kappa shape index (κ2) is 4.43. The van der Waals surface area contributed by atoms with E-state index in [4.69, 9.17) is 14.9 Å². The van der Waals surface area contributed by atoms with Crippen LogP contribution in [0.4, 0.5) is 0 Å². The number of carbonyl (C=O) groups is 1. The lowest BCUT2D eigenvalue weighted by atomic mass is 10.1. The van der Waals surface area contributed by atoms with Crippen LogP contribution < -0.4 is 0 Å². The summed E-state index contributed by atoms with van der Waals surface area (Å²) < 4.78 is 4.76. The Bertz CT molecular complexity index is 116. The van der Waals surface area contributed by atoms with E-state index in [1.807, 2.05) is 0 Å². The van der Waals surface area contributed by atoms with E-state index in [0.717, 1.165) is 6.29 Å². The molecular formula is C7H14O4. The molecule has 1 atom stereocenters. The van der Waals surface area contributed by atoms with Crippen molar-refractivity contribution in [3.05, 3.63) is 0 Å². The van der Waals surface area contributed by atoms with Crippen LogP contribution in [0.1, 0.15) is 19.8 Å². The second-order valence-corrected chi connectivity index (χ2v) is 2.56. The number of ether oxygens (including phenoxy) is 1. The van der Waals surface area contributed by atoms with Crippen molar-refractivity contribution in [1.29, 1.82) is 0 Å². The van der Waals surface area contributed by atoms with E-state index in [2.05, 4.69) is 0 Å². The van der Waals surface area contributed by atoms with Gasteiger partial charge in [0.15, 0.2) is 5.79 Å². The van der Waals surface area contributed by atoms with Gasteiger partial charge in [0.25, 0.3) is 0 Å². The number of carbonyl (C=O) groups excluding carboxylic acids is 1. The van der Waals surface area contributed by atoms with Crippen molar-refractivity contribution < 1.29 is 19.7 Å². The average molecular weight is 162 g/mol. The fourth-order valence-electron chi connectivity index (χ4n) is 0.834. The molecule has 0 aromatic carbocycles. The number of aliphatic hydroxyl groups is 2. The molecule has 0 saturated carbocycles. The molecule has 0 amide bonds. The summed E-state index contributed by atoms with van der Waals surface area (Å²) in [5.41, 5.74) is 0. The van der Waals surface area contributed by atoms with Gasteiger partial charge in [0.2, 0.25) is 0 Å². The molecule has 0 saturated heterocycles. The Kier molecular flexibility index (Phi) is 4.25. The van der Waals surface area contributed by atoms with E-state index in [9.17, 15) is 4.79 Å². The fourth-order valence-corrected chi connectivity index (χ4v) is 0.834. The summed E-state index contributed by atoms with van der Waals surface area (Å²) in [6.45, 7) is 1.23. The Morgan fingerprint density at radius 3 is 2.45 bits per heavy atom. The van der Waals surface area contributed by atoms with Crippen LogP contribution >= 0.6 is 0 Å². The molecule has 0 fully saturated rings. The summed E-state index contributed by atoms with van der Waals surface area (Å²) in [5.74, 6) is -1.86. The molecule has 11 heavy (non-hydrogen) atoms. The number of rotatable bonds is 5. The van der Waals surface area contributed by atoms with Crippen molar-refractivity contribution in [3.8, 4) is 0 Å². The quantitative estimate of drug-likeness (QED) is 0.429. The Balaban J connectivity index is 3.85. The number of aldehydes is 1. The number of methoxy groups -OCH3 is 1. The van der Waals surface area contributed by atoms with Crippen molar-refractivity contribution >= 4 is 6.29 Å². The molecule has 0 bridgehead atoms. The molecule has 0 aromatic rings. The maximum Gasteiger partial charge on any atom is 0.186 e. The zero-order valence-corrected chi connectivity index (χ0v) is 6.78. The SMILES string of the molecule is COC(CCC=O)C(C)(O)O. The zero-order chi connectivity index (χ0) is 8.91. The van der Waals surface area contributed by atoms with E-state index in [0.29, 0.717) is 6.42 Å². The first-order valence-electron chi connectivity index (χ1n) is 3.43. The molecule has 0 spiro atoms. The van der Waals surface area contributed by atoms with Crippen LogP contribution in [0.25, 0.3) is 0 Å². The third kappa shape index (κ3) is 4.08. The Hall–Kier alpha value is -0.450. The third-order valence-corrected chi connectivity index (χ3v) is 1.44. The maximum absolute atomic E-state index is 9.93. The summed E-state index contributed by atoms with van der Waals surface area (Å²) >= 11 is 0. The minimum Gasteiger partial charge on any atom is -0.376 e. The number of hydrogen-bond donors (Lipinski definition) is 2. The van der Waals surface area contributed by atoms with Crippen molar-refractivity contribution in [2.45, 2.75) is 31.7 Å². The van der Waals surface area contributed by atoms with Crippen molar-refractivity contribution in [1.82, 2.24) is 0 Å². The van der Waals surface area contributed by atoms with Gasteiger partial charge >= 0.3 is 0 Å². The molecule has 0 aliphatic heterocycles. The van der Waals surface area contributed by atoms with Gasteiger partial charge in [-0.25, -0.2) is 0 Å². The fraction of sp³-hybridized carbons (Fsp3) is 0.857. The van der Waals surface area contributed by atoms with E-state index >= 15 is 0 Å². The molecule has 66 valence electrons. The smallest absolute Gasteiger partial charge is 0.186 e. The Labute approximate surface area is 65.8 Å². The standard InChI is InChI=1S/C7H14O4/c1-7(9,10)6(11-2)4-3-5-8/h5-6,9-10H,3-4H2,1-2H3. The van der Waals surface area contributed by atoms with Crippen LogP contribution in [0, 0.1) is 0 Å². The average Bonchev–Trinajstić information content (AvgIpc) is 1.87. The normalized spacial score (nSPS) is 14.5. The van der Waals surface area contributed by atoms with Gasteiger partial charge in [-0.2, -0.15) is 0 Å². The van der Waals surface area contributed by atoms with Crippen molar-refractivity contribution in [3.63, 3.8) is 0 Å². The number of hydrogen-bond acceptors (Lipinski definition) is 4. The van der Waals surface area contributed by atoms with Gasteiger partial charge in [-0.15, -0.1) is 0 Å². The second-order valence-electron chi connectivity index (χ2n) is 2.56. The highest BCUT2D eigenvalue weighted by molar-refractivity contribution is 5.49. The monoisotopic (exact) mass is 162 g/mol. The minimum atomic E-state index is -1.86. The molecule has 2 N–H and O–H groups in total. The summed E-state index contributed by atoms with van der Waals surface area (Å²) in [7, 11) is 1.38. The molecule has 0 radical (unpaired) electrons. The van der Waals surface area contributed by atoms with Crippen LogP contribution in [-0.4, -0.2) is 35.5 Å². The Morgan fingerprint density at radius 1 is 1.64 bits per heavy atom. The van der Waals surface area contributed by atoms with Gasteiger partial charge in [-0.3, -0.25) is 0 Å². The van der Waals surface area contributed by atoms with E-state index in [1.54, 1.807) is 0 Å². The molecule has 0 rings (SSSR count). The van der Waals surface area contributed by atoms with E-state index in [1.165, 1.54) is 14.0 Å². The van der Waals surface area contributed by atoms with Gasteiger partial charge in [-0.05, 0) is 13.3 Å². The molecule has 4 nitrogen and oxygen atoms in total. The minimum absolute atomic E-state index is 0.273. The molecule has 0 aliphatic rings. The van der Waals surface area contributed by atoms with Crippen molar-refractivity contribution in [2.75, 3.05) is 7.11 Å². The van der Waals surface area contributed by atoms with Gasteiger partial charge in [-0.1, -0.05) is 0 Å². The first-order valence-corrected chi connectivity index (χ1v) is 3.43. The molecule has 0 aromatic heterocycles. The largest absolute Gasteiger partial charge is 0.376 e. The molecular weight excluding hydrogens is 148 g/mol. The van der Waals surface area contributed by atoms with Crippen LogP contribution in [0.3, 0.4) is 0 Å². The van der Waals surface area contributed by atoms with Gasteiger partial charge in [0, 0.05) is 13.5 Å². The van der Waals surface area contributed by atoms with Crippen LogP contribution in [0.2, 0.25) is 0 Å². The summed E-state index contributed by atoms with van der Waals surface area (Å²) in [4.78, 5) is 9.93. The maximum atomic E-state index is 9.93. The van der Waals surface area contributed by atoms with E-state index < -0.39 is 11.9 Å². The third-order valence-electron chi connectivity index (χ3n) is 1.44. The topological polar surface area (TPSA) is 66.8 Å². The molecule has 1 unspecified atom stereocenters. The predicted octanol–water partition coefficient (Wildman–Crippen LogP) is -0.319. The van der Waals surface area contributed by atoms with Crippen LogP contribution in [0.5, 0.6) is 0 Å². The van der Waals surface area contributed by atoms with Gasteiger partial charge in [0.1, 0.15) is 12.4 Å². The van der Waals surface area contributed by atoms with Crippen LogP contribution in [-0.2, 0) is 9.53 Å². The summed E-state index contributed by atoms with van der Waals surface area (Å²) in [6.07, 6.45) is 0.615. The predicted molar refractivity (Wildman–Crippen MR) is 38.9 cm³/mol. The van der Waals surface area contributed by atoms with Gasteiger partial charge < -0.3 is 19.7 Å². The lowest BCUT2D eigenvalue weighted by Crippen LogP contribution is -2.40. The lowest BCUT2D eigenvalue weighted by molar-refractivity contribution is -0.220. The van der Waals surface area contributed by atoms with Gasteiger partial charge in [0.05, 0.1) is 0 Å². The lowest BCUT2D eigenvalue weighted by Gasteiger charge is -2.25.